The second kappa shape index (κ2) is 25.5. The summed E-state index contributed by atoms with van der Waals surface area (Å²) in [6, 6.07) is 0. The Labute approximate surface area is 195 Å². The van der Waals surface area contributed by atoms with Crippen LogP contribution in [0, 0.1) is 5.92 Å². The van der Waals surface area contributed by atoms with E-state index >= 15 is 0 Å². The highest BCUT2D eigenvalue weighted by molar-refractivity contribution is 5.72. The second-order valence-corrected chi connectivity index (χ2v) is 9.67. The molecule has 0 aliphatic carbocycles. The van der Waals surface area contributed by atoms with Crippen LogP contribution in [-0.2, 0) is 4.79 Å². The summed E-state index contributed by atoms with van der Waals surface area (Å²) < 4.78 is 0. The van der Waals surface area contributed by atoms with E-state index in [4.69, 9.17) is 0 Å². The van der Waals surface area contributed by atoms with Crippen LogP contribution >= 0.6 is 0 Å². The van der Waals surface area contributed by atoms with E-state index in [2.05, 4.69) is 13.8 Å². The quantitative estimate of drug-likeness (QED) is 0.114. The first-order valence-electron chi connectivity index (χ1n) is 14.1. The normalized spacial score (nSPS) is 12.6. The van der Waals surface area contributed by atoms with Gasteiger partial charge in [0.05, 0.1) is 5.92 Å². The fourth-order valence-electron chi connectivity index (χ4n) is 4.35. The van der Waals surface area contributed by atoms with Crippen molar-refractivity contribution in [1.82, 2.24) is 0 Å². The fourth-order valence-corrected chi connectivity index (χ4v) is 4.35. The summed E-state index contributed by atoms with van der Waals surface area (Å²) in [6.07, 6.45) is 34.5. The molecule has 0 aliphatic rings. The number of carboxylic acid groups (broad SMARTS) is 1. The molecule has 0 saturated carbocycles. The third-order valence-corrected chi connectivity index (χ3v) is 6.51. The summed E-state index contributed by atoms with van der Waals surface area (Å²) in [7, 11) is 0. The summed E-state index contributed by atoms with van der Waals surface area (Å²) in [5.41, 5.74) is 0. The van der Waals surface area contributed by atoms with Gasteiger partial charge in [0.25, 0.3) is 0 Å². The van der Waals surface area contributed by atoms with E-state index in [-0.39, 0.29) is 5.92 Å². The van der Waals surface area contributed by atoms with Crippen LogP contribution in [0.4, 0.5) is 0 Å². The average Bonchev–Trinajstić information content (AvgIpc) is 2.76. The SMILES string of the molecule is CCCC=CC(CCCCCCCCCCCCCCCCCCCCCC)C(=O)O. The maximum absolute atomic E-state index is 11.3. The Hall–Kier alpha value is -0.790. The lowest BCUT2D eigenvalue weighted by molar-refractivity contribution is -0.140. The van der Waals surface area contributed by atoms with E-state index in [0.717, 1.165) is 25.7 Å². The Morgan fingerprint density at radius 1 is 0.581 bits per heavy atom. The molecule has 1 atom stereocenters. The van der Waals surface area contributed by atoms with Crippen molar-refractivity contribution in [3.8, 4) is 0 Å². The molecule has 0 saturated heterocycles. The molecule has 0 spiro atoms. The zero-order valence-electron chi connectivity index (χ0n) is 21.4. The molecule has 0 aromatic rings. The van der Waals surface area contributed by atoms with Gasteiger partial charge in [-0.2, -0.15) is 0 Å². The van der Waals surface area contributed by atoms with E-state index < -0.39 is 5.97 Å². The van der Waals surface area contributed by atoms with Crippen LogP contribution in [0.3, 0.4) is 0 Å². The van der Waals surface area contributed by atoms with Gasteiger partial charge in [-0.25, -0.2) is 0 Å². The first-order valence-corrected chi connectivity index (χ1v) is 14.1. The van der Waals surface area contributed by atoms with Gasteiger partial charge in [-0.05, 0) is 12.8 Å². The van der Waals surface area contributed by atoms with Crippen molar-refractivity contribution in [3.05, 3.63) is 12.2 Å². The molecule has 0 aromatic heterocycles. The van der Waals surface area contributed by atoms with E-state index in [0.29, 0.717) is 0 Å². The number of aliphatic carboxylic acids is 1. The van der Waals surface area contributed by atoms with Crippen molar-refractivity contribution in [2.75, 3.05) is 0 Å². The topological polar surface area (TPSA) is 37.3 Å². The van der Waals surface area contributed by atoms with Crippen LogP contribution in [0.15, 0.2) is 12.2 Å². The highest BCUT2D eigenvalue weighted by atomic mass is 16.4. The van der Waals surface area contributed by atoms with Gasteiger partial charge in [0.1, 0.15) is 0 Å². The van der Waals surface area contributed by atoms with Crippen molar-refractivity contribution in [3.63, 3.8) is 0 Å². The summed E-state index contributed by atoms with van der Waals surface area (Å²) in [6.45, 7) is 4.41. The molecule has 31 heavy (non-hydrogen) atoms. The predicted octanol–water partition coefficient (Wildman–Crippen LogP) is 10.3. The predicted molar refractivity (Wildman–Crippen MR) is 138 cm³/mol. The van der Waals surface area contributed by atoms with Gasteiger partial charge in [-0.1, -0.05) is 161 Å². The van der Waals surface area contributed by atoms with E-state index in [1.807, 2.05) is 12.2 Å². The highest BCUT2D eigenvalue weighted by Gasteiger charge is 2.12. The Morgan fingerprint density at radius 2 is 0.935 bits per heavy atom. The highest BCUT2D eigenvalue weighted by Crippen LogP contribution is 2.17. The third kappa shape index (κ3) is 23.7. The van der Waals surface area contributed by atoms with Crippen molar-refractivity contribution in [2.24, 2.45) is 5.92 Å². The van der Waals surface area contributed by atoms with Gasteiger partial charge < -0.3 is 5.11 Å². The first-order chi connectivity index (χ1) is 15.2. The van der Waals surface area contributed by atoms with Crippen LogP contribution in [0.25, 0.3) is 0 Å². The Morgan fingerprint density at radius 3 is 1.26 bits per heavy atom. The van der Waals surface area contributed by atoms with Gasteiger partial charge in [-0.3, -0.25) is 4.79 Å². The van der Waals surface area contributed by atoms with Crippen LogP contribution in [-0.4, -0.2) is 11.1 Å². The zero-order valence-corrected chi connectivity index (χ0v) is 21.4. The maximum atomic E-state index is 11.3. The smallest absolute Gasteiger partial charge is 0.310 e. The van der Waals surface area contributed by atoms with Crippen LogP contribution in [0.1, 0.15) is 162 Å². The standard InChI is InChI=1S/C29H56O2/c1-3-5-7-8-9-10-11-12-13-14-15-16-17-18-19-20-21-22-23-25-27-28(29(30)31)26-24-6-4-2/h24,26,28H,3-23,25,27H2,1-2H3,(H,30,31). The molecule has 0 heterocycles. The molecule has 184 valence electrons. The van der Waals surface area contributed by atoms with Gasteiger partial charge in [-0.15, -0.1) is 0 Å². The number of hydrogen-bond donors (Lipinski definition) is 1. The number of carbonyl (C=O) groups is 1. The van der Waals surface area contributed by atoms with Crippen LogP contribution < -0.4 is 0 Å². The minimum absolute atomic E-state index is 0.276. The molecule has 0 radical (unpaired) electrons. The zero-order chi connectivity index (χ0) is 22.8. The lowest BCUT2D eigenvalue weighted by Gasteiger charge is -2.07. The van der Waals surface area contributed by atoms with Gasteiger partial charge >= 0.3 is 5.97 Å². The number of carboxylic acids is 1. The van der Waals surface area contributed by atoms with Gasteiger partial charge in [0, 0.05) is 0 Å². The Bertz CT molecular complexity index is 388. The van der Waals surface area contributed by atoms with Crippen molar-refractivity contribution >= 4 is 5.97 Å². The number of rotatable bonds is 25. The molecule has 0 fully saturated rings. The molecule has 1 N–H and O–H groups in total. The Balaban J connectivity index is 3.25. The van der Waals surface area contributed by atoms with Crippen molar-refractivity contribution in [1.29, 1.82) is 0 Å². The number of hydrogen-bond acceptors (Lipinski definition) is 1. The van der Waals surface area contributed by atoms with Crippen LogP contribution in [0.5, 0.6) is 0 Å². The van der Waals surface area contributed by atoms with Gasteiger partial charge in [0.2, 0.25) is 0 Å². The molecule has 0 aliphatic heterocycles. The fraction of sp³-hybridized carbons (Fsp3) is 0.897. The molecule has 0 amide bonds. The molecule has 0 rings (SSSR count). The molecule has 2 heteroatoms. The minimum atomic E-state index is -0.662. The number of allylic oxidation sites excluding steroid dienone is 1. The molecular formula is C29H56O2. The summed E-state index contributed by atoms with van der Waals surface area (Å²) in [4.78, 5) is 11.3. The first kappa shape index (κ1) is 30.2. The summed E-state index contributed by atoms with van der Waals surface area (Å²) in [5.74, 6) is -0.938. The lowest BCUT2D eigenvalue weighted by atomic mass is 9.99. The molecular weight excluding hydrogens is 380 g/mol. The molecule has 0 aromatic carbocycles. The second-order valence-electron chi connectivity index (χ2n) is 9.67. The molecule has 0 bridgehead atoms. The Kier molecular flexibility index (Phi) is 24.8. The largest absolute Gasteiger partial charge is 0.481 e. The lowest BCUT2D eigenvalue weighted by Crippen LogP contribution is -2.10. The third-order valence-electron chi connectivity index (χ3n) is 6.51. The monoisotopic (exact) mass is 436 g/mol. The van der Waals surface area contributed by atoms with E-state index in [1.165, 1.54) is 122 Å². The van der Waals surface area contributed by atoms with Gasteiger partial charge in [0.15, 0.2) is 0 Å². The van der Waals surface area contributed by atoms with Crippen molar-refractivity contribution in [2.45, 2.75) is 162 Å². The maximum Gasteiger partial charge on any atom is 0.310 e. The molecule has 2 nitrogen and oxygen atoms in total. The van der Waals surface area contributed by atoms with E-state index in [1.54, 1.807) is 0 Å². The van der Waals surface area contributed by atoms with E-state index in [9.17, 15) is 9.90 Å². The average molecular weight is 437 g/mol. The van der Waals surface area contributed by atoms with Crippen molar-refractivity contribution < 1.29 is 9.90 Å². The minimum Gasteiger partial charge on any atom is -0.481 e. The van der Waals surface area contributed by atoms with Crippen LogP contribution in [0.2, 0.25) is 0 Å². The number of unbranched alkanes of at least 4 members (excludes halogenated alkanes) is 20. The summed E-state index contributed by atoms with van der Waals surface area (Å²) >= 11 is 0. The molecule has 1 unspecified atom stereocenters. The summed E-state index contributed by atoms with van der Waals surface area (Å²) in [5, 5.41) is 9.28.